The summed E-state index contributed by atoms with van der Waals surface area (Å²) >= 11 is 0. The molecule has 94 valence electrons. The van der Waals surface area contributed by atoms with Gasteiger partial charge in [0.15, 0.2) is 5.69 Å². The van der Waals surface area contributed by atoms with Crippen LogP contribution in [0.15, 0.2) is 12.3 Å². The number of aromatic nitrogens is 2. The zero-order valence-corrected chi connectivity index (χ0v) is 10.2. The van der Waals surface area contributed by atoms with E-state index in [2.05, 4.69) is 17.0 Å². The van der Waals surface area contributed by atoms with Gasteiger partial charge in [-0.1, -0.05) is 6.42 Å². The topological polar surface area (TPSA) is 58.4 Å². The van der Waals surface area contributed by atoms with Crippen LogP contribution in [-0.2, 0) is 6.54 Å². The average molecular weight is 237 g/mol. The summed E-state index contributed by atoms with van der Waals surface area (Å²) in [5, 5.41) is 12.8. The largest absolute Gasteiger partial charge is 0.476 e. The first-order chi connectivity index (χ1) is 8.16. The van der Waals surface area contributed by atoms with E-state index in [4.69, 9.17) is 5.11 Å². The number of carboxylic acid groups (broad SMARTS) is 1. The Bertz CT molecular complexity index is 389. The maximum absolute atomic E-state index is 10.7. The molecule has 1 saturated heterocycles. The zero-order chi connectivity index (χ0) is 12.3. The van der Waals surface area contributed by atoms with Gasteiger partial charge in [-0.2, -0.15) is 5.10 Å². The molecule has 1 aliphatic rings. The fourth-order valence-electron chi connectivity index (χ4n) is 2.39. The van der Waals surface area contributed by atoms with Crippen molar-refractivity contribution < 1.29 is 9.90 Å². The molecule has 1 unspecified atom stereocenters. The van der Waals surface area contributed by atoms with Crippen LogP contribution < -0.4 is 0 Å². The first kappa shape index (κ1) is 12.1. The van der Waals surface area contributed by atoms with E-state index in [0.29, 0.717) is 6.04 Å². The Balaban J connectivity index is 1.86. The van der Waals surface area contributed by atoms with E-state index in [1.807, 2.05) is 0 Å². The van der Waals surface area contributed by atoms with Gasteiger partial charge in [-0.15, -0.1) is 0 Å². The maximum atomic E-state index is 10.7. The van der Waals surface area contributed by atoms with Crippen LogP contribution in [0.1, 0.15) is 36.2 Å². The van der Waals surface area contributed by atoms with Gasteiger partial charge in [-0.3, -0.25) is 4.68 Å². The van der Waals surface area contributed by atoms with Crippen LogP contribution >= 0.6 is 0 Å². The molecule has 1 aromatic rings. The monoisotopic (exact) mass is 237 g/mol. The van der Waals surface area contributed by atoms with Crippen LogP contribution in [0, 0.1) is 0 Å². The van der Waals surface area contributed by atoms with Crippen LogP contribution in [0.25, 0.3) is 0 Å². The summed E-state index contributed by atoms with van der Waals surface area (Å²) in [7, 11) is 2.16. The molecule has 0 aromatic carbocycles. The van der Waals surface area contributed by atoms with E-state index in [-0.39, 0.29) is 5.69 Å². The summed E-state index contributed by atoms with van der Waals surface area (Å²) in [5.74, 6) is -0.960. The summed E-state index contributed by atoms with van der Waals surface area (Å²) in [5.41, 5.74) is 0.127. The number of nitrogens with zero attached hydrogens (tertiary/aromatic N) is 3. The number of hydrogen-bond donors (Lipinski definition) is 1. The molecule has 0 spiro atoms. The summed E-state index contributed by atoms with van der Waals surface area (Å²) in [4.78, 5) is 13.1. The highest BCUT2D eigenvalue weighted by molar-refractivity contribution is 5.84. The Labute approximate surface area is 101 Å². The van der Waals surface area contributed by atoms with Gasteiger partial charge >= 0.3 is 5.97 Å². The lowest BCUT2D eigenvalue weighted by atomic mass is 10.0. The third-order valence-electron chi connectivity index (χ3n) is 3.47. The number of aromatic carboxylic acids is 1. The molecule has 1 fully saturated rings. The van der Waals surface area contributed by atoms with Crippen molar-refractivity contribution in [3.8, 4) is 0 Å². The average Bonchev–Trinajstić information content (AvgIpc) is 2.77. The number of piperidine rings is 1. The third kappa shape index (κ3) is 3.06. The van der Waals surface area contributed by atoms with Gasteiger partial charge in [0.25, 0.3) is 0 Å². The highest BCUT2D eigenvalue weighted by Gasteiger charge is 2.18. The molecular formula is C12H19N3O2. The van der Waals surface area contributed by atoms with Crippen molar-refractivity contribution in [1.29, 1.82) is 0 Å². The first-order valence-electron chi connectivity index (χ1n) is 6.14. The zero-order valence-electron chi connectivity index (χ0n) is 10.2. The lowest BCUT2D eigenvalue weighted by Gasteiger charge is -2.32. The molecule has 0 aliphatic carbocycles. The molecule has 2 heterocycles. The molecule has 17 heavy (non-hydrogen) atoms. The second-order valence-electron chi connectivity index (χ2n) is 4.69. The van der Waals surface area contributed by atoms with Gasteiger partial charge in [0.05, 0.1) is 0 Å². The Morgan fingerprint density at radius 3 is 3.06 bits per heavy atom. The Morgan fingerprint density at radius 1 is 1.59 bits per heavy atom. The Kier molecular flexibility index (Phi) is 3.78. The van der Waals surface area contributed by atoms with Crippen LogP contribution in [0.5, 0.6) is 0 Å². The lowest BCUT2D eigenvalue weighted by molar-refractivity contribution is 0.0689. The maximum Gasteiger partial charge on any atom is 0.356 e. The quantitative estimate of drug-likeness (QED) is 0.861. The smallest absolute Gasteiger partial charge is 0.356 e. The van der Waals surface area contributed by atoms with Crippen molar-refractivity contribution in [3.63, 3.8) is 0 Å². The van der Waals surface area contributed by atoms with Crippen molar-refractivity contribution in [2.45, 2.75) is 38.3 Å². The normalized spacial score (nSPS) is 21.6. The van der Waals surface area contributed by atoms with Gasteiger partial charge in [-0.05, 0) is 38.9 Å². The fraction of sp³-hybridized carbons (Fsp3) is 0.667. The summed E-state index contributed by atoms with van der Waals surface area (Å²) in [6.45, 7) is 1.96. The molecule has 5 heteroatoms. The Hall–Kier alpha value is -1.36. The molecule has 1 N–H and O–H groups in total. The molecule has 0 saturated carbocycles. The lowest BCUT2D eigenvalue weighted by Crippen LogP contribution is -2.36. The number of carbonyl (C=O) groups is 1. The number of hydrogen-bond acceptors (Lipinski definition) is 3. The Morgan fingerprint density at radius 2 is 2.41 bits per heavy atom. The van der Waals surface area contributed by atoms with Crippen molar-refractivity contribution in [1.82, 2.24) is 14.7 Å². The van der Waals surface area contributed by atoms with Crippen LogP contribution in [-0.4, -0.2) is 45.4 Å². The molecule has 2 rings (SSSR count). The van der Waals surface area contributed by atoms with Crippen LogP contribution in [0.4, 0.5) is 0 Å². The highest BCUT2D eigenvalue weighted by atomic mass is 16.4. The first-order valence-corrected chi connectivity index (χ1v) is 6.14. The second kappa shape index (κ2) is 5.31. The third-order valence-corrected chi connectivity index (χ3v) is 3.47. The predicted molar refractivity (Wildman–Crippen MR) is 64.1 cm³/mol. The highest BCUT2D eigenvalue weighted by Crippen LogP contribution is 2.18. The van der Waals surface area contributed by atoms with Crippen LogP contribution in [0.3, 0.4) is 0 Å². The van der Waals surface area contributed by atoms with Crippen molar-refractivity contribution in [2.24, 2.45) is 0 Å². The summed E-state index contributed by atoms with van der Waals surface area (Å²) in [6, 6.07) is 2.16. The number of likely N-dealkylation sites (tertiary alicyclic amines) is 1. The molecule has 0 amide bonds. The van der Waals surface area contributed by atoms with Gasteiger partial charge < -0.3 is 10.0 Å². The van der Waals surface area contributed by atoms with E-state index in [0.717, 1.165) is 13.0 Å². The van der Waals surface area contributed by atoms with E-state index < -0.39 is 5.97 Å². The molecule has 1 aromatic heterocycles. The molecule has 0 radical (unpaired) electrons. The SMILES string of the molecule is CN1CCCCC1CCn1ccc(C(=O)O)n1. The van der Waals surface area contributed by atoms with Gasteiger partial charge in [0.2, 0.25) is 0 Å². The number of aryl methyl sites for hydroxylation is 1. The fourth-order valence-corrected chi connectivity index (χ4v) is 2.39. The summed E-state index contributed by atoms with van der Waals surface area (Å²) < 4.78 is 1.73. The summed E-state index contributed by atoms with van der Waals surface area (Å²) in [6.07, 6.45) is 6.61. The van der Waals surface area contributed by atoms with Gasteiger partial charge in [0, 0.05) is 18.8 Å². The van der Waals surface area contributed by atoms with Crippen molar-refractivity contribution >= 4 is 5.97 Å². The number of rotatable bonds is 4. The minimum Gasteiger partial charge on any atom is -0.476 e. The second-order valence-corrected chi connectivity index (χ2v) is 4.69. The van der Waals surface area contributed by atoms with Crippen molar-refractivity contribution in [3.05, 3.63) is 18.0 Å². The minimum atomic E-state index is -0.960. The minimum absolute atomic E-state index is 0.127. The molecule has 5 nitrogen and oxygen atoms in total. The van der Waals surface area contributed by atoms with Crippen molar-refractivity contribution in [2.75, 3.05) is 13.6 Å². The molecular weight excluding hydrogens is 218 g/mol. The van der Waals surface area contributed by atoms with E-state index >= 15 is 0 Å². The van der Waals surface area contributed by atoms with E-state index in [1.165, 1.54) is 25.8 Å². The standard InChI is InChI=1S/C12H19N3O2/c1-14-7-3-2-4-10(14)5-8-15-9-6-11(13-15)12(16)17/h6,9-10H,2-5,7-8H2,1H3,(H,16,17). The predicted octanol–water partition coefficient (Wildman–Crippen LogP) is 1.46. The van der Waals surface area contributed by atoms with Gasteiger partial charge in [0.1, 0.15) is 0 Å². The number of carboxylic acids is 1. The molecule has 1 aliphatic heterocycles. The van der Waals surface area contributed by atoms with Crippen LogP contribution in [0.2, 0.25) is 0 Å². The van der Waals surface area contributed by atoms with Gasteiger partial charge in [-0.25, -0.2) is 4.79 Å². The molecule has 1 atom stereocenters. The van der Waals surface area contributed by atoms with E-state index in [9.17, 15) is 4.79 Å². The molecule has 0 bridgehead atoms. The van der Waals surface area contributed by atoms with E-state index in [1.54, 1.807) is 16.9 Å².